The lowest BCUT2D eigenvalue weighted by molar-refractivity contribution is 0.102. The van der Waals surface area contributed by atoms with Crippen molar-refractivity contribution in [3.63, 3.8) is 0 Å². The maximum atomic E-state index is 12.3. The van der Waals surface area contributed by atoms with Crippen molar-refractivity contribution in [3.05, 3.63) is 54.2 Å². The molecule has 5 heteroatoms. The van der Waals surface area contributed by atoms with Crippen molar-refractivity contribution in [2.75, 3.05) is 11.1 Å². The maximum absolute atomic E-state index is 12.3. The van der Waals surface area contributed by atoms with Gasteiger partial charge in [-0.3, -0.25) is 9.48 Å². The fraction of sp³-hybridized carbons (Fsp3) is 0.0667. The van der Waals surface area contributed by atoms with E-state index < -0.39 is 0 Å². The number of hydrogen-bond acceptors (Lipinski definition) is 3. The Kier molecular flexibility index (Phi) is 2.87. The molecule has 0 aliphatic carbocycles. The van der Waals surface area contributed by atoms with E-state index in [0.717, 1.165) is 10.8 Å². The number of aromatic nitrogens is 2. The number of aryl methyl sites for hydroxylation is 1. The Morgan fingerprint density at radius 3 is 2.65 bits per heavy atom. The number of nitrogens with one attached hydrogen (secondary N) is 1. The molecule has 0 atom stereocenters. The van der Waals surface area contributed by atoms with Gasteiger partial charge in [-0.1, -0.05) is 30.3 Å². The van der Waals surface area contributed by atoms with Crippen molar-refractivity contribution in [2.24, 2.45) is 7.05 Å². The van der Waals surface area contributed by atoms with Crippen molar-refractivity contribution in [2.45, 2.75) is 0 Å². The molecule has 0 aliphatic heterocycles. The molecule has 100 valence electrons. The second-order valence-electron chi connectivity index (χ2n) is 4.59. The topological polar surface area (TPSA) is 72.9 Å². The summed E-state index contributed by atoms with van der Waals surface area (Å²) < 4.78 is 1.54. The minimum absolute atomic E-state index is 0.203. The fourth-order valence-corrected chi connectivity index (χ4v) is 2.12. The van der Waals surface area contributed by atoms with Crippen molar-refractivity contribution < 1.29 is 4.79 Å². The summed E-state index contributed by atoms with van der Waals surface area (Å²) in [5.41, 5.74) is 6.79. The van der Waals surface area contributed by atoms with E-state index in [2.05, 4.69) is 10.4 Å². The lowest BCUT2D eigenvalue weighted by atomic mass is 10.1. The van der Waals surface area contributed by atoms with Crippen LogP contribution in [0.4, 0.5) is 11.5 Å². The van der Waals surface area contributed by atoms with Gasteiger partial charge in [-0.15, -0.1) is 0 Å². The number of hydrogen-bond donors (Lipinski definition) is 2. The third-order valence-electron chi connectivity index (χ3n) is 3.21. The SMILES string of the molecule is Cn1ncc(N)c1NC(=O)c1ccc2ccccc2c1. The van der Waals surface area contributed by atoms with Gasteiger partial charge >= 0.3 is 0 Å². The minimum atomic E-state index is -0.203. The van der Waals surface area contributed by atoms with Crippen LogP contribution in [-0.2, 0) is 7.05 Å². The second kappa shape index (κ2) is 4.70. The molecule has 3 rings (SSSR count). The molecule has 1 heterocycles. The Bertz CT molecular complexity index is 772. The van der Waals surface area contributed by atoms with Gasteiger partial charge in [0.25, 0.3) is 5.91 Å². The van der Waals surface area contributed by atoms with Crippen molar-refractivity contribution in [1.29, 1.82) is 0 Å². The van der Waals surface area contributed by atoms with E-state index >= 15 is 0 Å². The average molecular weight is 266 g/mol. The Labute approximate surface area is 116 Å². The Balaban J connectivity index is 1.93. The number of carbonyl (C=O) groups is 1. The highest BCUT2D eigenvalue weighted by Crippen LogP contribution is 2.19. The molecule has 1 aromatic heterocycles. The number of carbonyl (C=O) groups excluding carboxylic acids is 1. The number of amides is 1. The standard InChI is InChI=1S/C15H14N4O/c1-19-14(13(16)9-17-19)18-15(20)12-7-6-10-4-2-3-5-11(10)8-12/h2-9H,16H2,1H3,(H,18,20). The predicted octanol–water partition coefficient (Wildman–Crippen LogP) is 2.41. The first-order valence-electron chi connectivity index (χ1n) is 6.23. The smallest absolute Gasteiger partial charge is 0.256 e. The molecule has 20 heavy (non-hydrogen) atoms. The first kappa shape index (κ1) is 12.2. The summed E-state index contributed by atoms with van der Waals surface area (Å²) in [6, 6.07) is 13.5. The maximum Gasteiger partial charge on any atom is 0.256 e. The van der Waals surface area contributed by atoms with E-state index in [1.807, 2.05) is 36.4 Å². The second-order valence-corrected chi connectivity index (χ2v) is 4.59. The zero-order valence-corrected chi connectivity index (χ0v) is 11.0. The zero-order valence-electron chi connectivity index (χ0n) is 11.0. The third kappa shape index (κ3) is 2.09. The Morgan fingerprint density at radius 1 is 1.20 bits per heavy atom. The highest BCUT2D eigenvalue weighted by molar-refractivity contribution is 6.07. The van der Waals surface area contributed by atoms with Crippen LogP contribution in [0.5, 0.6) is 0 Å². The van der Waals surface area contributed by atoms with Crippen LogP contribution in [0.25, 0.3) is 10.8 Å². The number of nitrogen functional groups attached to an aromatic ring is 1. The molecule has 1 amide bonds. The molecule has 0 bridgehead atoms. The van der Waals surface area contributed by atoms with Crippen LogP contribution in [0.3, 0.4) is 0 Å². The van der Waals surface area contributed by atoms with Gasteiger partial charge in [-0.25, -0.2) is 0 Å². The molecule has 3 aromatic rings. The van der Waals surface area contributed by atoms with Crippen LogP contribution in [0.1, 0.15) is 10.4 Å². The number of nitrogens with two attached hydrogens (primary N) is 1. The van der Waals surface area contributed by atoms with E-state index in [9.17, 15) is 4.79 Å². The third-order valence-corrected chi connectivity index (χ3v) is 3.21. The average Bonchev–Trinajstić information content (AvgIpc) is 2.78. The van der Waals surface area contributed by atoms with Crippen LogP contribution >= 0.6 is 0 Å². The van der Waals surface area contributed by atoms with Crippen molar-refractivity contribution in [3.8, 4) is 0 Å². The number of benzene rings is 2. The highest BCUT2D eigenvalue weighted by Gasteiger charge is 2.11. The van der Waals surface area contributed by atoms with Gasteiger partial charge in [-0.2, -0.15) is 5.10 Å². The fourth-order valence-electron chi connectivity index (χ4n) is 2.12. The molecular formula is C15H14N4O. The lowest BCUT2D eigenvalue weighted by Crippen LogP contribution is -2.15. The summed E-state index contributed by atoms with van der Waals surface area (Å²) in [4.78, 5) is 12.3. The normalized spacial score (nSPS) is 10.7. The molecule has 0 saturated heterocycles. The molecule has 0 fully saturated rings. The number of fused-ring (bicyclic) bond motifs is 1. The summed E-state index contributed by atoms with van der Waals surface area (Å²) in [5, 5.41) is 8.89. The van der Waals surface area contributed by atoms with E-state index in [0.29, 0.717) is 17.1 Å². The van der Waals surface area contributed by atoms with Crippen molar-refractivity contribution in [1.82, 2.24) is 9.78 Å². The molecule has 5 nitrogen and oxygen atoms in total. The predicted molar refractivity (Wildman–Crippen MR) is 79.5 cm³/mol. The Hall–Kier alpha value is -2.82. The first-order valence-corrected chi connectivity index (χ1v) is 6.23. The highest BCUT2D eigenvalue weighted by atomic mass is 16.1. The van der Waals surface area contributed by atoms with Gasteiger partial charge in [0, 0.05) is 12.6 Å². The van der Waals surface area contributed by atoms with Crippen LogP contribution in [0, 0.1) is 0 Å². The summed E-state index contributed by atoms with van der Waals surface area (Å²) in [5.74, 6) is 0.300. The largest absolute Gasteiger partial charge is 0.394 e. The van der Waals surface area contributed by atoms with Gasteiger partial charge in [0.2, 0.25) is 0 Å². The van der Waals surface area contributed by atoms with E-state index in [1.165, 1.54) is 10.9 Å². The molecule has 0 spiro atoms. The molecule has 2 aromatic carbocycles. The van der Waals surface area contributed by atoms with Gasteiger partial charge in [0.1, 0.15) is 0 Å². The van der Waals surface area contributed by atoms with Crippen LogP contribution in [0.15, 0.2) is 48.7 Å². The van der Waals surface area contributed by atoms with Crippen molar-refractivity contribution >= 4 is 28.2 Å². The van der Waals surface area contributed by atoms with Crippen LogP contribution in [0.2, 0.25) is 0 Å². The molecule has 0 aliphatic rings. The van der Waals surface area contributed by atoms with E-state index in [1.54, 1.807) is 13.1 Å². The van der Waals surface area contributed by atoms with Gasteiger partial charge in [-0.05, 0) is 22.9 Å². The molecule has 0 saturated carbocycles. The first-order chi connectivity index (χ1) is 9.65. The summed E-state index contributed by atoms with van der Waals surface area (Å²) in [7, 11) is 1.73. The summed E-state index contributed by atoms with van der Waals surface area (Å²) >= 11 is 0. The monoisotopic (exact) mass is 266 g/mol. The zero-order chi connectivity index (χ0) is 14.1. The minimum Gasteiger partial charge on any atom is -0.394 e. The number of rotatable bonds is 2. The summed E-state index contributed by atoms with van der Waals surface area (Å²) in [6.45, 7) is 0. The summed E-state index contributed by atoms with van der Waals surface area (Å²) in [6.07, 6.45) is 1.51. The quantitative estimate of drug-likeness (QED) is 0.748. The van der Waals surface area contributed by atoms with E-state index in [-0.39, 0.29) is 5.91 Å². The molecular weight excluding hydrogens is 252 g/mol. The van der Waals surface area contributed by atoms with Gasteiger partial charge in [0.05, 0.1) is 11.9 Å². The molecule has 0 radical (unpaired) electrons. The molecule has 3 N–H and O–H groups in total. The van der Waals surface area contributed by atoms with E-state index in [4.69, 9.17) is 5.73 Å². The number of anilines is 2. The lowest BCUT2D eigenvalue weighted by Gasteiger charge is -2.07. The van der Waals surface area contributed by atoms with Gasteiger partial charge in [0.15, 0.2) is 5.82 Å². The Morgan fingerprint density at radius 2 is 1.95 bits per heavy atom. The van der Waals surface area contributed by atoms with Crippen LogP contribution in [-0.4, -0.2) is 15.7 Å². The molecule has 0 unspecified atom stereocenters. The number of nitrogens with zero attached hydrogens (tertiary/aromatic N) is 2. The van der Waals surface area contributed by atoms with Gasteiger partial charge < -0.3 is 11.1 Å². The van der Waals surface area contributed by atoms with Crippen LogP contribution < -0.4 is 11.1 Å².